The van der Waals surface area contributed by atoms with Crippen LogP contribution in [-0.2, 0) is 0 Å². The second-order valence-electron chi connectivity index (χ2n) is 4.44. The second-order valence-corrected chi connectivity index (χ2v) is 7.24. The maximum atomic E-state index is 3.71. The van der Waals surface area contributed by atoms with Crippen LogP contribution in [0.5, 0.6) is 0 Å². The van der Waals surface area contributed by atoms with Crippen molar-refractivity contribution in [3.8, 4) is 4.56 Å². The van der Waals surface area contributed by atoms with E-state index < -0.39 is 0 Å². The van der Waals surface area contributed by atoms with E-state index in [1.54, 1.807) is 0 Å². The van der Waals surface area contributed by atoms with Crippen LogP contribution in [0.1, 0.15) is 0 Å². The van der Waals surface area contributed by atoms with Gasteiger partial charge in [0.2, 0.25) is 0 Å². The summed E-state index contributed by atoms with van der Waals surface area (Å²) in [6.07, 6.45) is 0. The number of rotatable bonds is 1. The van der Waals surface area contributed by atoms with E-state index in [0.29, 0.717) is 14.5 Å². The van der Waals surface area contributed by atoms with Crippen molar-refractivity contribution in [3.05, 3.63) is 64.0 Å². The first-order valence-electron chi connectivity index (χ1n) is 6.08. The van der Waals surface area contributed by atoms with Gasteiger partial charge in [0.15, 0.2) is 0 Å². The first-order chi connectivity index (χ1) is 9.36. The van der Waals surface area contributed by atoms with E-state index in [2.05, 4.69) is 80.0 Å². The summed E-state index contributed by atoms with van der Waals surface area (Å²) < 4.78 is 4.95. The summed E-state index contributed by atoms with van der Waals surface area (Å²) in [4.78, 5) is 2.26. The molecule has 2 aromatic heterocycles. The molecule has 0 saturated carbocycles. The number of halogens is 1. The van der Waals surface area contributed by atoms with E-state index >= 15 is 0 Å². The van der Waals surface area contributed by atoms with Gasteiger partial charge in [-0.15, -0.1) is 0 Å². The van der Waals surface area contributed by atoms with Gasteiger partial charge in [-0.3, -0.25) is 0 Å². The number of hydrogen-bond acceptors (Lipinski definition) is 0. The van der Waals surface area contributed by atoms with E-state index in [-0.39, 0.29) is 0 Å². The standard InChI is InChI=1S/C16H10BrNSe/c17-13-7-3-6-12-11-5-1-2-8-14(11)18(16(12)13)15-9-4-10-19-15/h1-10H. The SMILES string of the molecule is Brc1cccc2c3ccccc3n(-c3ccc[se]3)c12. The molecule has 0 amide bonds. The Labute approximate surface area is 125 Å². The number of nitrogens with zero attached hydrogens (tertiary/aromatic N) is 1. The van der Waals surface area contributed by atoms with Gasteiger partial charge in [0, 0.05) is 0 Å². The van der Waals surface area contributed by atoms with Gasteiger partial charge in [-0.25, -0.2) is 0 Å². The van der Waals surface area contributed by atoms with E-state index in [0.717, 1.165) is 4.47 Å². The Hall–Kier alpha value is -1.28. The fraction of sp³-hybridized carbons (Fsp3) is 0. The van der Waals surface area contributed by atoms with Gasteiger partial charge < -0.3 is 0 Å². The Morgan fingerprint density at radius 3 is 2.53 bits per heavy atom. The van der Waals surface area contributed by atoms with Crippen LogP contribution < -0.4 is 0 Å². The molecule has 2 aromatic carbocycles. The Balaban J connectivity index is 2.31. The molecule has 4 rings (SSSR count). The predicted molar refractivity (Wildman–Crippen MR) is 85.4 cm³/mol. The van der Waals surface area contributed by atoms with Crippen molar-refractivity contribution >= 4 is 52.2 Å². The quantitative estimate of drug-likeness (QED) is 0.429. The molecule has 92 valence electrons. The molecule has 0 aliphatic rings. The number of para-hydroxylation sites is 2. The Morgan fingerprint density at radius 1 is 0.842 bits per heavy atom. The molecule has 0 atom stereocenters. The van der Waals surface area contributed by atoms with Crippen molar-refractivity contribution in [2.75, 3.05) is 0 Å². The first-order valence-corrected chi connectivity index (χ1v) is 8.71. The molecule has 4 aromatic rings. The molecule has 0 aliphatic carbocycles. The summed E-state index contributed by atoms with van der Waals surface area (Å²) in [5.74, 6) is 0. The molecule has 0 spiro atoms. The van der Waals surface area contributed by atoms with Crippen LogP contribution in [0.4, 0.5) is 0 Å². The molecule has 3 heteroatoms. The van der Waals surface area contributed by atoms with Crippen LogP contribution in [0.15, 0.2) is 64.0 Å². The zero-order valence-corrected chi connectivity index (χ0v) is 13.3. The van der Waals surface area contributed by atoms with Crippen LogP contribution in [0, 0.1) is 0 Å². The second kappa shape index (κ2) is 4.38. The molecule has 0 unspecified atom stereocenters. The summed E-state index contributed by atoms with van der Waals surface area (Å²) in [5, 5.41) is 2.64. The Morgan fingerprint density at radius 2 is 1.68 bits per heavy atom. The molecule has 1 nitrogen and oxygen atoms in total. The van der Waals surface area contributed by atoms with Gasteiger partial charge in [-0.1, -0.05) is 0 Å². The average molecular weight is 375 g/mol. The molecule has 0 bridgehead atoms. The number of fused-ring (bicyclic) bond motifs is 3. The molecule has 0 aliphatic heterocycles. The van der Waals surface area contributed by atoms with Crippen molar-refractivity contribution in [2.24, 2.45) is 0 Å². The molecular formula is C16H10BrNSe. The van der Waals surface area contributed by atoms with Gasteiger partial charge in [0.25, 0.3) is 0 Å². The van der Waals surface area contributed by atoms with E-state index in [4.69, 9.17) is 0 Å². The first kappa shape index (κ1) is 11.5. The van der Waals surface area contributed by atoms with E-state index in [9.17, 15) is 0 Å². The summed E-state index contributed by atoms with van der Waals surface area (Å²) in [6.45, 7) is 0. The number of aromatic nitrogens is 1. The molecule has 0 fully saturated rings. The van der Waals surface area contributed by atoms with E-state index in [1.165, 1.54) is 26.4 Å². The van der Waals surface area contributed by atoms with Crippen LogP contribution in [0.3, 0.4) is 0 Å². The maximum absolute atomic E-state index is 3.71. The molecule has 2 heterocycles. The summed E-state index contributed by atoms with van der Waals surface area (Å²) in [5.41, 5.74) is 2.57. The van der Waals surface area contributed by atoms with Crippen molar-refractivity contribution in [1.82, 2.24) is 4.57 Å². The van der Waals surface area contributed by atoms with Crippen LogP contribution in [0.25, 0.3) is 26.4 Å². The van der Waals surface area contributed by atoms with Gasteiger partial charge in [0.05, 0.1) is 0 Å². The minimum absolute atomic E-state index is 0.421. The molecule has 0 saturated heterocycles. The van der Waals surface area contributed by atoms with Crippen molar-refractivity contribution in [3.63, 3.8) is 0 Å². The third-order valence-electron chi connectivity index (χ3n) is 3.37. The third-order valence-corrected chi connectivity index (χ3v) is 5.80. The average Bonchev–Trinajstić information content (AvgIpc) is 3.04. The zero-order chi connectivity index (χ0) is 12.8. The summed E-state index contributed by atoms with van der Waals surface area (Å²) in [6, 6.07) is 19.4. The Kier molecular flexibility index (Phi) is 2.66. The minimum atomic E-state index is 0.421. The van der Waals surface area contributed by atoms with Crippen LogP contribution in [0.2, 0.25) is 0 Å². The number of hydrogen-bond donors (Lipinski definition) is 0. The topological polar surface area (TPSA) is 4.93 Å². The van der Waals surface area contributed by atoms with Gasteiger partial charge >= 0.3 is 125 Å². The van der Waals surface area contributed by atoms with Crippen molar-refractivity contribution < 1.29 is 0 Å². The third kappa shape index (κ3) is 1.66. The van der Waals surface area contributed by atoms with Crippen LogP contribution in [-0.4, -0.2) is 19.1 Å². The molecule has 0 N–H and O–H groups in total. The Bertz CT molecular complexity index is 874. The monoisotopic (exact) mass is 375 g/mol. The van der Waals surface area contributed by atoms with E-state index in [1.807, 2.05) is 0 Å². The zero-order valence-electron chi connectivity index (χ0n) is 10.0. The fourth-order valence-corrected chi connectivity index (χ4v) is 4.72. The summed E-state index contributed by atoms with van der Waals surface area (Å²) >= 11 is 4.13. The normalized spacial score (nSPS) is 11.4. The van der Waals surface area contributed by atoms with Gasteiger partial charge in [-0.05, 0) is 0 Å². The summed E-state index contributed by atoms with van der Waals surface area (Å²) in [7, 11) is 0. The number of benzene rings is 2. The van der Waals surface area contributed by atoms with Crippen molar-refractivity contribution in [2.45, 2.75) is 0 Å². The molecule has 0 radical (unpaired) electrons. The molecular weight excluding hydrogens is 365 g/mol. The van der Waals surface area contributed by atoms with Crippen LogP contribution >= 0.6 is 15.9 Å². The van der Waals surface area contributed by atoms with Crippen molar-refractivity contribution in [1.29, 1.82) is 0 Å². The molecule has 19 heavy (non-hydrogen) atoms. The predicted octanol–water partition coefficient (Wildman–Crippen LogP) is 4.60. The fourth-order valence-electron chi connectivity index (χ4n) is 2.60. The van der Waals surface area contributed by atoms with Gasteiger partial charge in [0.1, 0.15) is 0 Å². The van der Waals surface area contributed by atoms with Gasteiger partial charge in [-0.2, -0.15) is 0 Å².